The molecule has 0 saturated carbocycles. The molecule has 8 nitrogen and oxygen atoms in total. The minimum Gasteiger partial charge on any atom is -0.481 e. The maximum absolute atomic E-state index is 11.9. The highest BCUT2D eigenvalue weighted by molar-refractivity contribution is 5.77. The topological polar surface area (TPSA) is 104 Å². The van der Waals surface area contributed by atoms with Crippen LogP contribution >= 0.6 is 0 Å². The molecule has 0 aliphatic carbocycles. The predicted molar refractivity (Wildman–Crippen MR) is 187 cm³/mol. The van der Waals surface area contributed by atoms with Crippen molar-refractivity contribution < 1.29 is 15.0 Å². The van der Waals surface area contributed by atoms with E-state index in [2.05, 4.69) is 47.1 Å². The number of pyridine rings is 1. The van der Waals surface area contributed by atoms with E-state index in [1.54, 1.807) is 20.8 Å². The summed E-state index contributed by atoms with van der Waals surface area (Å²) in [6.07, 6.45) is 13.3. The molecule has 248 valence electrons. The summed E-state index contributed by atoms with van der Waals surface area (Å²) in [6.45, 7) is 15.4. The molecule has 0 atom stereocenters. The number of nitrogens with zero attached hydrogens (tertiary/aromatic N) is 5. The van der Waals surface area contributed by atoms with Crippen molar-refractivity contribution in [2.45, 2.75) is 112 Å². The Hall–Kier alpha value is -3.78. The highest BCUT2D eigenvalue weighted by Gasteiger charge is 2.32. The van der Waals surface area contributed by atoms with E-state index in [0.717, 1.165) is 71.9 Å². The number of aromatic nitrogens is 4. The molecule has 6 heterocycles. The summed E-state index contributed by atoms with van der Waals surface area (Å²) in [6, 6.07) is 12.7. The standard InChI is InChI=1S/C32H37N5O2.C4H10O.C2H6/c1-22-26(19-30(38)39)31-36-16-13-32(2,14-17-36)12-6-4-3-5-8-23-11-15-33-21-27(23)24-9-7-10-25(18-24)28-20-29(34-22)37(31)35-28;1-4(2,3)5;1-2/h7,9-11,15,18,20-21H,3-6,8,12-14,16-17,19H2,1-2H3,(H,38,39);5H,1-3H3;1-2H3. The molecular weight excluding hydrogens is 574 g/mol. The van der Waals surface area contributed by atoms with E-state index in [1.807, 2.05) is 43.7 Å². The fourth-order valence-electron chi connectivity index (χ4n) is 6.44. The predicted octanol–water partition coefficient (Wildman–Crippen LogP) is 8.31. The normalized spacial score (nSPS) is 16.2. The fourth-order valence-corrected chi connectivity index (χ4v) is 6.44. The third kappa shape index (κ3) is 8.93. The van der Waals surface area contributed by atoms with Crippen molar-refractivity contribution in [1.29, 1.82) is 0 Å². The van der Waals surface area contributed by atoms with Gasteiger partial charge in [0.1, 0.15) is 5.82 Å². The number of carboxylic acid groups (broad SMARTS) is 1. The minimum absolute atomic E-state index is 0.0632. The van der Waals surface area contributed by atoms with Crippen LogP contribution in [0.15, 0.2) is 48.8 Å². The van der Waals surface area contributed by atoms with Crippen LogP contribution in [0.3, 0.4) is 0 Å². The van der Waals surface area contributed by atoms with E-state index in [9.17, 15) is 9.90 Å². The maximum Gasteiger partial charge on any atom is 0.308 e. The number of anilines is 1. The van der Waals surface area contributed by atoms with Crippen molar-refractivity contribution in [3.05, 3.63) is 65.6 Å². The second-order valence-electron chi connectivity index (χ2n) is 13.9. The molecule has 0 amide bonds. The molecule has 0 radical (unpaired) electrons. The first kappa shape index (κ1) is 35.1. The van der Waals surface area contributed by atoms with Gasteiger partial charge in [0.05, 0.1) is 17.7 Å². The number of carbonyl (C=O) groups is 1. The van der Waals surface area contributed by atoms with Gasteiger partial charge < -0.3 is 15.1 Å². The molecule has 1 aromatic carbocycles. The van der Waals surface area contributed by atoms with E-state index in [-0.39, 0.29) is 6.42 Å². The molecule has 46 heavy (non-hydrogen) atoms. The van der Waals surface area contributed by atoms with Gasteiger partial charge in [0.25, 0.3) is 0 Å². The van der Waals surface area contributed by atoms with Crippen LogP contribution in [0.1, 0.15) is 103 Å². The van der Waals surface area contributed by atoms with Gasteiger partial charge in [-0.05, 0) is 88.5 Å². The van der Waals surface area contributed by atoms with Crippen molar-refractivity contribution >= 4 is 17.4 Å². The molecule has 0 unspecified atom stereocenters. The SMILES string of the molecule is CC.CC(C)(C)O.Cc1nc2cc3nn2c(c1CC(=O)O)N1CCC(C)(CCCCCCc2ccncc2-c2cccc-3c2)CC1. The second-order valence-corrected chi connectivity index (χ2v) is 13.9. The van der Waals surface area contributed by atoms with Crippen LogP contribution in [0.4, 0.5) is 5.82 Å². The highest BCUT2D eigenvalue weighted by Crippen LogP contribution is 2.39. The van der Waals surface area contributed by atoms with Crippen molar-refractivity contribution in [2.75, 3.05) is 18.0 Å². The highest BCUT2D eigenvalue weighted by atomic mass is 16.4. The summed E-state index contributed by atoms with van der Waals surface area (Å²) in [5, 5.41) is 23.3. The monoisotopic (exact) mass is 627 g/mol. The van der Waals surface area contributed by atoms with Gasteiger partial charge in [-0.2, -0.15) is 9.61 Å². The van der Waals surface area contributed by atoms with E-state index < -0.39 is 11.6 Å². The van der Waals surface area contributed by atoms with Crippen LogP contribution < -0.4 is 4.90 Å². The Morgan fingerprint density at radius 2 is 1.65 bits per heavy atom. The molecule has 3 aliphatic heterocycles. The molecule has 3 aliphatic rings. The van der Waals surface area contributed by atoms with Gasteiger partial charge in [-0.1, -0.05) is 58.2 Å². The van der Waals surface area contributed by atoms with Crippen LogP contribution in [0.5, 0.6) is 0 Å². The lowest BCUT2D eigenvalue weighted by atomic mass is 9.76. The first-order chi connectivity index (χ1) is 21.9. The summed E-state index contributed by atoms with van der Waals surface area (Å²) >= 11 is 0. The van der Waals surface area contributed by atoms with Gasteiger partial charge in [0.15, 0.2) is 5.65 Å². The minimum atomic E-state index is -0.847. The molecule has 7 rings (SSSR count). The van der Waals surface area contributed by atoms with E-state index >= 15 is 0 Å². The van der Waals surface area contributed by atoms with Crippen molar-refractivity contribution in [3.63, 3.8) is 0 Å². The number of benzene rings is 1. The van der Waals surface area contributed by atoms with Gasteiger partial charge in [-0.15, -0.1) is 0 Å². The van der Waals surface area contributed by atoms with E-state index in [4.69, 9.17) is 15.2 Å². The Kier molecular flexibility index (Phi) is 11.6. The Morgan fingerprint density at radius 3 is 2.35 bits per heavy atom. The fraction of sp³-hybridized carbons (Fsp3) is 0.526. The number of aliphatic hydroxyl groups is 1. The zero-order chi connectivity index (χ0) is 33.5. The zero-order valence-electron chi connectivity index (χ0n) is 28.9. The summed E-state index contributed by atoms with van der Waals surface area (Å²) in [5.41, 5.74) is 7.59. The average molecular weight is 628 g/mol. The van der Waals surface area contributed by atoms with Crippen molar-refractivity contribution in [1.82, 2.24) is 19.6 Å². The second kappa shape index (κ2) is 15.2. The Balaban J connectivity index is 0.000000628. The third-order valence-electron chi connectivity index (χ3n) is 8.84. The van der Waals surface area contributed by atoms with Crippen LogP contribution in [0.2, 0.25) is 0 Å². The van der Waals surface area contributed by atoms with Gasteiger partial charge in [0, 0.05) is 53.9 Å². The number of aliphatic carboxylic acids is 1. The maximum atomic E-state index is 11.9. The quantitative estimate of drug-likeness (QED) is 0.230. The molecule has 8 heteroatoms. The van der Waals surface area contributed by atoms with Gasteiger partial charge in [-0.25, -0.2) is 4.98 Å². The van der Waals surface area contributed by atoms with E-state index in [1.165, 1.54) is 43.2 Å². The lowest BCUT2D eigenvalue weighted by Crippen LogP contribution is -2.40. The van der Waals surface area contributed by atoms with Gasteiger partial charge in [-0.3, -0.25) is 9.78 Å². The number of aryl methyl sites for hydroxylation is 2. The third-order valence-corrected chi connectivity index (χ3v) is 8.84. The smallest absolute Gasteiger partial charge is 0.308 e. The Bertz CT molecular complexity index is 1610. The van der Waals surface area contributed by atoms with Crippen LogP contribution in [-0.2, 0) is 17.6 Å². The molecule has 3 aromatic heterocycles. The summed E-state index contributed by atoms with van der Waals surface area (Å²) < 4.78 is 1.89. The van der Waals surface area contributed by atoms with Crippen molar-refractivity contribution in [3.8, 4) is 22.4 Å². The van der Waals surface area contributed by atoms with Gasteiger partial charge in [0.2, 0.25) is 0 Å². The first-order valence-corrected chi connectivity index (χ1v) is 17.0. The molecule has 2 N–H and O–H groups in total. The summed E-state index contributed by atoms with van der Waals surface area (Å²) in [7, 11) is 0. The first-order valence-electron chi connectivity index (χ1n) is 17.0. The number of piperidine rings is 1. The lowest BCUT2D eigenvalue weighted by molar-refractivity contribution is -0.136. The molecule has 6 bridgehead atoms. The number of hydrogen-bond acceptors (Lipinski definition) is 6. The van der Waals surface area contributed by atoms with Crippen molar-refractivity contribution in [2.24, 2.45) is 5.41 Å². The average Bonchev–Trinajstić information content (AvgIpc) is 3.43. The number of carboxylic acids is 1. The Morgan fingerprint density at radius 1 is 0.978 bits per heavy atom. The Labute approximate surface area is 274 Å². The van der Waals surface area contributed by atoms with E-state index in [0.29, 0.717) is 5.41 Å². The molecular formula is C38H53N5O3. The largest absolute Gasteiger partial charge is 0.481 e. The molecule has 1 saturated heterocycles. The number of hydrogen-bond donors (Lipinski definition) is 2. The molecule has 4 aromatic rings. The lowest BCUT2D eigenvalue weighted by Gasteiger charge is -2.41. The van der Waals surface area contributed by atoms with Gasteiger partial charge >= 0.3 is 5.97 Å². The molecule has 0 spiro atoms. The van der Waals surface area contributed by atoms with Crippen LogP contribution in [0.25, 0.3) is 28.0 Å². The van der Waals surface area contributed by atoms with Crippen LogP contribution in [-0.4, -0.2) is 54.5 Å². The zero-order valence-corrected chi connectivity index (χ0v) is 28.9. The van der Waals surface area contributed by atoms with Crippen LogP contribution in [0, 0.1) is 12.3 Å². The summed E-state index contributed by atoms with van der Waals surface area (Å²) in [5.74, 6) is 0.0389. The number of fused-ring (bicyclic) bond motifs is 7. The number of rotatable bonds is 2. The molecule has 1 fully saturated rings. The summed E-state index contributed by atoms with van der Waals surface area (Å²) in [4.78, 5) is 23.5.